The maximum absolute atomic E-state index is 11.2. The summed E-state index contributed by atoms with van der Waals surface area (Å²) >= 11 is 3.43. The molecule has 11 heteroatoms. The van der Waals surface area contributed by atoms with Crippen LogP contribution < -0.4 is 104 Å². The van der Waals surface area contributed by atoms with Gasteiger partial charge in [0.1, 0.15) is 0 Å². The molecule has 0 amide bonds. The third kappa shape index (κ3) is 10.3. The Bertz CT molecular complexity index is 881. The van der Waals surface area contributed by atoms with Crippen LogP contribution in [0.15, 0.2) is 46.9 Å². The maximum Gasteiger partial charge on any atom is 1.00 e. The van der Waals surface area contributed by atoms with E-state index in [1.54, 1.807) is 4.90 Å². The van der Waals surface area contributed by atoms with Gasteiger partial charge in [0.2, 0.25) is 0 Å². The van der Waals surface area contributed by atoms with Crippen molar-refractivity contribution in [1.82, 2.24) is 4.90 Å². The minimum absolute atomic E-state index is 0. The van der Waals surface area contributed by atoms with Gasteiger partial charge in [0.05, 0.1) is 11.9 Å². The second-order valence-corrected chi connectivity index (χ2v) is 6.73. The number of halogens is 1. The van der Waals surface area contributed by atoms with Gasteiger partial charge in [0.25, 0.3) is 0 Å². The Labute approximate surface area is 249 Å². The third-order valence-corrected chi connectivity index (χ3v) is 4.69. The number of carboxylic acid groups (broad SMARTS) is 3. The van der Waals surface area contributed by atoms with Gasteiger partial charge in [-0.25, -0.2) is 0 Å². The van der Waals surface area contributed by atoms with Crippen molar-refractivity contribution in [2.75, 3.05) is 6.54 Å². The van der Waals surface area contributed by atoms with E-state index in [1.165, 1.54) is 12.1 Å². The summed E-state index contributed by atoms with van der Waals surface area (Å²) in [4.78, 5) is 34.9. The molecule has 0 aliphatic carbocycles. The Kier molecular flexibility index (Phi) is 17.3. The van der Waals surface area contributed by atoms with Crippen LogP contribution in [0.3, 0.4) is 0 Å². The number of hydrogen-bond acceptors (Lipinski definition) is 7. The van der Waals surface area contributed by atoms with Gasteiger partial charge in [-0.15, -0.1) is 0 Å². The Hall–Kier alpha value is 0.290. The minimum atomic E-state index is -1.62. The van der Waals surface area contributed by atoms with Crippen molar-refractivity contribution in [2.45, 2.75) is 19.5 Å². The number of carboxylic acids is 3. The molecule has 7 nitrogen and oxygen atoms in total. The SMILES string of the molecule is O=C([O-])CCN(Cc1ccc(C(=O)[O-])c(C(=O)[O-])c1)Cc1ccccc1Br.[Na+].[Na+].[Na+]. The van der Waals surface area contributed by atoms with Gasteiger partial charge < -0.3 is 29.7 Å². The molecule has 2 rings (SSSR count). The van der Waals surface area contributed by atoms with Crippen LogP contribution in [0.5, 0.6) is 0 Å². The topological polar surface area (TPSA) is 124 Å². The van der Waals surface area contributed by atoms with Gasteiger partial charge in [0, 0.05) is 41.2 Å². The average Bonchev–Trinajstić information content (AvgIpc) is 2.61. The molecule has 0 aromatic heterocycles. The van der Waals surface area contributed by atoms with Crippen molar-refractivity contribution < 1.29 is 118 Å². The van der Waals surface area contributed by atoms with E-state index >= 15 is 0 Å². The molecule has 0 unspecified atom stereocenters. The standard InChI is InChI=1S/C19H18BrNO6.3Na/c20-16-4-2-1-3-13(16)11-21(8-7-17(22)23)10-12-5-6-14(18(24)25)15(9-12)19(26)27;;;/h1-6,9H,7-8,10-11H2,(H,22,23)(H,24,25)(H,26,27);;;/q;3*+1/p-3. The van der Waals surface area contributed by atoms with Crippen LogP contribution in [0, 0.1) is 0 Å². The van der Waals surface area contributed by atoms with E-state index in [4.69, 9.17) is 0 Å². The van der Waals surface area contributed by atoms with Crippen molar-refractivity contribution in [3.05, 3.63) is 69.2 Å². The molecular formula is C19H15BrNNa3O6. The first-order chi connectivity index (χ1) is 12.8. The number of nitrogens with zero attached hydrogens (tertiary/aromatic N) is 1. The first-order valence-corrected chi connectivity index (χ1v) is 8.78. The number of carbonyl (C=O) groups excluding carboxylic acids is 3. The molecule has 0 spiro atoms. The summed E-state index contributed by atoms with van der Waals surface area (Å²) in [5.41, 5.74) is 0.478. The normalized spacial score (nSPS) is 9.67. The molecule has 0 atom stereocenters. The van der Waals surface area contributed by atoms with Gasteiger partial charge in [-0.2, -0.15) is 0 Å². The molecule has 0 heterocycles. The Balaban J connectivity index is 0. The van der Waals surface area contributed by atoms with Gasteiger partial charge in [-0.05, 0) is 29.7 Å². The number of aliphatic carboxylic acids is 1. The van der Waals surface area contributed by atoms with Gasteiger partial charge in [0.15, 0.2) is 0 Å². The van der Waals surface area contributed by atoms with Crippen molar-refractivity contribution >= 4 is 33.8 Å². The van der Waals surface area contributed by atoms with Crippen LogP contribution in [0.2, 0.25) is 0 Å². The third-order valence-electron chi connectivity index (χ3n) is 3.91. The maximum atomic E-state index is 11.2. The molecule has 142 valence electrons. The predicted octanol–water partition coefficient (Wildman–Crippen LogP) is -9.67. The van der Waals surface area contributed by atoms with Gasteiger partial charge >= 0.3 is 88.7 Å². The summed E-state index contributed by atoms with van der Waals surface area (Å²) < 4.78 is 0.853. The fourth-order valence-corrected chi connectivity index (χ4v) is 3.04. The van der Waals surface area contributed by atoms with Crippen LogP contribution in [-0.2, 0) is 17.9 Å². The fraction of sp³-hybridized carbons (Fsp3) is 0.211. The van der Waals surface area contributed by atoms with Crippen LogP contribution in [0.1, 0.15) is 38.3 Å². The van der Waals surface area contributed by atoms with Gasteiger partial charge in [-0.3, -0.25) is 4.90 Å². The molecule has 0 aliphatic rings. The fourth-order valence-electron chi connectivity index (χ4n) is 2.63. The first kappa shape index (κ1) is 32.5. The predicted molar refractivity (Wildman–Crippen MR) is 93.0 cm³/mol. The molecule has 2 aromatic rings. The summed E-state index contributed by atoms with van der Waals surface area (Å²) in [7, 11) is 0. The molecule has 0 saturated carbocycles. The van der Waals surface area contributed by atoms with Crippen molar-refractivity contribution in [2.24, 2.45) is 0 Å². The molecule has 0 radical (unpaired) electrons. The first-order valence-electron chi connectivity index (χ1n) is 7.99. The molecule has 30 heavy (non-hydrogen) atoms. The van der Waals surface area contributed by atoms with E-state index in [1.807, 2.05) is 24.3 Å². The summed E-state index contributed by atoms with van der Waals surface area (Å²) in [5, 5.41) is 33.1. The van der Waals surface area contributed by atoms with E-state index in [9.17, 15) is 29.7 Å². The summed E-state index contributed by atoms with van der Waals surface area (Å²) in [6.45, 7) is 0.784. The van der Waals surface area contributed by atoms with Crippen LogP contribution in [0.4, 0.5) is 0 Å². The van der Waals surface area contributed by atoms with E-state index < -0.39 is 29.0 Å². The van der Waals surface area contributed by atoms with Gasteiger partial charge in [-0.1, -0.05) is 46.3 Å². The molecule has 0 saturated heterocycles. The Morgan fingerprint density at radius 3 is 1.97 bits per heavy atom. The second-order valence-electron chi connectivity index (χ2n) is 5.88. The zero-order valence-corrected chi connectivity index (χ0v) is 24.7. The summed E-state index contributed by atoms with van der Waals surface area (Å²) in [6.07, 6.45) is -0.199. The molecule has 0 aliphatic heterocycles. The zero-order valence-electron chi connectivity index (χ0n) is 17.1. The molecule has 0 bridgehead atoms. The van der Waals surface area contributed by atoms with E-state index in [2.05, 4.69) is 15.9 Å². The monoisotopic (exact) mass is 501 g/mol. The van der Waals surface area contributed by atoms with E-state index in [0.717, 1.165) is 16.1 Å². The number of aromatic carboxylic acids is 2. The summed E-state index contributed by atoms with van der Waals surface area (Å²) in [5.74, 6) is -4.43. The largest absolute Gasteiger partial charge is 1.00 e. The molecule has 0 N–H and O–H groups in total. The number of rotatable bonds is 9. The summed E-state index contributed by atoms with van der Waals surface area (Å²) in [6, 6.07) is 11.2. The number of carbonyl (C=O) groups is 3. The second kappa shape index (κ2) is 16.0. The Morgan fingerprint density at radius 2 is 1.43 bits per heavy atom. The Morgan fingerprint density at radius 1 is 0.833 bits per heavy atom. The van der Waals surface area contributed by atoms with E-state index in [-0.39, 0.29) is 108 Å². The molecular weight excluding hydrogens is 487 g/mol. The molecule has 2 aromatic carbocycles. The van der Waals surface area contributed by atoms with Crippen LogP contribution in [0.25, 0.3) is 0 Å². The van der Waals surface area contributed by atoms with Crippen LogP contribution >= 0.6 is 15.9 Å². The van der Waals surface area contributed by atoms with Crippen LogP contribution in [-0.4, -0.2) is 29.4 Å². The smallest absolute Gasteiger partial charge is 0.550 e. The van der Waals surface area contributed by atoms with Crippen molar-refractivity contribution in [3.8, 4) is 0 Å². The zero-order chi connectivity index (χ0) is 20.0. The molecule has 0 fully saturated rings. The van der Waals surface area contributed by atoms with Crippen molar-refractivity contribution in [1.29, 1.82) is 0 Å². The number of benzene rings is 2. The van der Waals surface area contributed by atoms with E-state index in [0.29, 0.717) is 12.1 Å². The average molecular weight is 502 g/mol. The number of hydrogen-bond donors (Lipinski definition) is 0. The quantitative estimate of drug-likeness (QED) is 0.312. The van der Waals surface area contributed by atoms with Crippen molar-refractivity contribution in [3.63, 3.8) is 0 Å². The minimum Gasteiger partial charge on any atom is -0.550 e.